The number of aryl methyl sites for hydroxylation is 1. The van der Waals surface area contributed by atoms with Gasteiger partial charge in [-0.05, 0) is 65.7 Å². The van der Waals surface area contributed by atoms with Gasteiger partial charge >= 0.3 is 0 Å². The largest absolute Gasteiger partial charge is 0.398 e. The van der Waals surface area contributed by atoms with Crippen molar-refractivity contribution in [3.8, 4) is 0 Å². The summed E-state index contributed by atoms with van der Waals surface area (Å²) >= 11 is 0. The second-order valence-electron chi connectivity index (χ2n) is 7.41. The van der Waals surface area contributed by atoms with Crippen molar-refractivity contribution in [2.45, 2.75) is 52.9 Å². The van der Waals surface area contributed by atoms with E-state index in [-0.39, 0.29) is 5.82 Å². The van der Waals surface area contributed by atoms with Crippen LogP contribution in [0.25, 0.3) is 17.3 Å². The molecule has 0 spiro atoms. The molecule has 2 aromatic rings. The second kappa shape index (κ2) is 7.49. The topological polar surface area (TPSA) is 26.0 Å². The van der Waals surface area contributed by atoms with Crippen molar-refractivity contribution in [2.24, 2.45) is 5.73 Å². The number of nitrogens with two attached hydrogens (primary N) is 1. The standard InChI is InChI=1S/C24H28FN/c1-5-8-18-13-19(15(2)3)14-22(25)23(18)16(4)20-12-11-17-9-6-7-10-21(17)24(20)26/h6-10,13-15H,5,11-12,26H2,1-4H3/b18-8-,23-16-. The van der Waals surface area contributed by atoms with Crippen LogP contribution in [0.2, 0.25) is 0 Å². The highest BCUT2D eigenvalue weighted by Gasteiger charge is 2.18. The maximum Gasteiger partial charge on any atom is 0.131 e. The molecular formula is C24H28FN. The Bertz CT molecular complexity index is 980. The van der Waals surface area contributed by atoms with Gasteiger partial charge in [-0.25, -0.2) is 4.39 Å². The summed E-state index contributed by atoms with van der Waals surface area (Å²) in [6.45, 7) is 8.29. The molecule has 2 N–H and O–H groups in total. The second-order valence-corrected chi connectivity index (χ2v) is 7.41. The number of halogens is 1. The maximum atomic E-state index is 15.1. The minimum absolute atomic E-state index is 0.146. The predicted octanol–water partition coefficient (Wildman–Crippen LogP) is 4.63. The molecule has 1 aliphatic carbocycles. The average Bonchev–Trinajstić information content (AvgIpc) is 2.61. The molecule has 3 rings (SSSR count). The molecule has 0 unspecified atom stereocenters. The van der Waals surface area contributed by atoms with E-state index >= 15 is 4.39 Å². The molecule has 0 heterocycles. The fourth-order valence-corrected chi connectivity index (χ4v) is 3.86. The summed E-state index contributed by atoms with van der Waals surface area (Å²) in [4.78, 5) is 0. The maximum absolute atomic E-state index is 15.1. The Hall–Kier alpha value is -2.35. The normalized spacial score (nSPS) is 16.2. The third-order valence-corrected chi connectivity index (χ3v) is 5.34. The Balaban J connectivity index is 2.31. The Labute approximate surface area is 155 Å². The van der Waals surface area contributed by atoms with Gasteiger partial charge in [0.05, 0.1) is 0 Å². The summed E-state index contributed by atoms with van der Waals surface area (Å²) in [5.41, 5.74) is 12.7. The van der Waals surface area contributed by atoms with Gasteiger partial charge in [-0.2, -0.15) is 0 Å². The SMILES string of the molecule is CC/C=c1/cc(C(C)C)cc(F)/c1=C(/C)C1=C(N)c2ccccc2CC1. The van der Waals surface area contributed by atoms with Gasteiger partial charge in [-0.3, -0.25) is 0 Å². The summed E-state index contributed by atoms with van der Waals surface area (Å²) in [7, 11) is 0. The van der Waals surface area contributed by atoms with Crippen LogP contribution >= 0.6 is 0 Å². The predicted molar refractivity (Wildman–Crippen MR) is 109 cm³/mol. The third kappa shape index (κ3) is 3.33. The molecular weight excluding hydrogens is 321 g/mol. The molecule has 0 radical (unpaired) electrons. The van der Waals surface area contributed by atoms with Crippen molar-refractivity contribution in [1.82, 2.24) is 0 Å². The monoisotopic (exact) mass is 349 g/mol. The molecule has 0 saturated heterocycles. The van der Waals surface area contributed by atoms with Crippen molar-refractivity contribution in [1.29, 1.82) is 0 Å². The zero-order valence-electron chi connectivity index (χ0n) is 16.2. The van der Waals surface area contributed by atoms with E-state index in [0.29, 0.717) is 11.1 Å². The molecule has 0 atom stereocenters. The Morgan fingerprint density at radius 3 is 2.62 bits per heavy atom. The summed E-state index contributed by atoms with van der Waals surface area (Å²) in [6, 6.07) is 12.1. The summed E-state index contributed by atoms with van der Waals surface area (Å²) in [5, 5.41) is 1.68. The van der Waals surface area contributed by atoms with Gasteiger partial charge in [0.15, 0.2) is 0 Å². The van der Waals surface area contributed by atoms with Crippen molar-refractivity contribution < 1.29 is 4.39 Å². The van der Waals surface area contributed by atoms with Crippen LogP contribution < -0.4 is 16.2 Å². The number of hydrogen-bond acceptors (Lipinski definition) is 1. The lowest BCUT2D eigenvalue weighted by Gasteiger charge is -2.22. The zero-order chi connectivity index (χ0) is 18.8. The van der Waals surface area contributed by atoms with E-state index in [0.717, 1.165) is 52.5 Å². The minimum atomic E-state index is -0.146. The minimum Gasteiger partial charge on any atom is -0.398 e. The van der Waals surface area contributed by atoms with Crippen molar-refractivity contribution >= 4 is 17.3 Å². The van der Waals surface area contributed by atoms with Crippen LogP contribution in [0.5, 0.6) is 0 Å². The van der Waals surface area contributed by atoms with Gasteiger partial charge in [0.2, 0.25) is 0 Å². The van der Waals surface area contributed by atoms with E-state index in [2.05, 4.69) is 45.0 Å². The molecule has 26 heavy (non-hydrogen) atoms. The van der Waals surface area contributed by atoms with E-state index < -0.39 is 0 Å². The van der Waals surface area contributed by atoms with E-state index in [4.69, 9.17) is 5.73 Å². The summed E-state index contributed by atoms with van der Waals surface area (Å²) < 4.78 is 15.1. The van der Waals surface area contributed by atoms with Gasteiger partial charge in [-0.15, -0.1) is 0 Å². The van der Waals surface area contributed by atoms with Gasteiger partial charge in [0.25, 0.3) is 0 Å². The van der Waals surface area contributed by atoms with Crippen LogP contribution in [0.1, 0.15) is 63.1 Å². The van der Waals surface area contributed by atoms with Gasteiger partial charge in [0.1, 0.15) is 5.82 Å². The molecule has 136 valence electrons. The molecule has 2 heteroatoms. The zero-order valence-corrected chi connectivity index (χ0v) is 16.2. The van der Waals surface area contributed by atoms with E-state index in [9.17, 15) is 0 Å². The van der Waals surface area contributed by atoms with Crippen LogP contribution in [-0.4, -0.2) is 0 Å². The Morgan fingerprint density at radius 2 is 1.92 bits per heavy atom. The summed E-state index contributed by atoms with van der Waals surface area (Å²) in [6.07, 6.45) is 4.79. The van der Waals surface area contributed by atoms with Crippen molar-refractivity contribution in [3.05, 3.63) is 74.9 Å². The molecule has 1 aliphatic rings. The highest BCUT2D eigenvalue weighted by Crippen LogP contribution is 2.31. The number of allylic oxidation sites excluding steroid dienone is 1. The number of fused-ring (bicyclic) bond motifs is 1. The smallest absolute Gasteiger partial charge is 0.131 e. The van der Waals surface area contributed by atoms with E-state index in [1.165, 1.54) is 5.56 Å². The lowest BCUT2D eigenvalue weighted by molar-refractivity contribution is 0.611. The number of benzene rings is 2. The number of rotatable bonds is 3. The first kappa shape index (κ1) is 18.4. The third-order valence-electron chi connectivity index (χ3n) is 5.34. The molecule has 0 fully saturated rings. The molecule has 0 saturated carbocycles. The molecule has 0 aromatic heterocycles. The molecule has 0 aliphatic heterocycles. The lowest BCUT2D eigenvalue weighted by atomic mass is 9.85. The summed E-state index contributed by atoms with van der Waals surface area (Å²) in [5.74, 6) is 0.154. The van der Waals surface area contributed by atoms with E-state index in [1.54, 1.807) is 6.07 Å². The number of hydrogen-bond donors (Lipinski definition) is 1. The lowest BCUT2D eigenvalue weighted by Crippen LogP contribution is -2.32. The Kier molecular flexibility index (Phi) is 5.31. The first-order valence-corrected chi connectivity index (χ1v) is 9.51. The highest BCUT2D eigenvalue weighted by molar-refractivity contribution is 5.82. The van der Waals surface area contributed by atoms with Crippen LogP contribution in [0.4, 0.5) is 4.39 Å². The van der Waals surface area contributed by atoms with E-state index in [1.807, 2.05) is 19.1 Å². The van der Waals surface area contributed by atoms with Crippen LogP contribution in [-0.2, 0) is 6.42 Å². The van der Waals surface area contributed by atoms with Crippen molar-refractivity contribution in [2.75, 3.05) is 0 Å². The fourth-order valence-electron chi connectivity index (χ4n) is 3.86. The fraction of sp³-hybridized carbons (Fsp3) is 0.333. The van der Waals surface area contributed by atoms with Crippen LogP contribution in [0.15, 0.2) is 42.0 Å². The molecule has 1 nitrogen and oxygen atoms in total. The van der Waals surface area contributed by atoms with Gasteiger partial charge < -0.3 is 5.73 Å². The average molecular weight is 349 g/mol. The molecule has 0 amide bonds. The first-order valence-electron chi connectivity index (χ1n) is 9.51. The van der Waals surface area contributed by atoms with Gasteiger partial charge in [-0.1, -0.05) is 57.2 Å². The van der Waals surface area contributed by atoms with Crippen LogP contribution in [0.3, 0.4) is 0 Å². The highest BCUT2D eigenvalue weighted by atomic mass is 19.1. The van der Waals surface area contributed by atoms with Crippen molar-refractivity contribution in [3.63, 3.8) is 0 Å². The quantitative estimate of drug-likeness (QED) is 0.859. The molecule has 0 bridgehead atoms. The Morgan fingerprint density at radius 1 is 1.19 bits per heavy atom. The molecule has 2 aromatic carbocycles. The van der Waals surface area contributed by atoms with Gasteiger partial charge in [0, 0.05) is 16.5 Å². The van der Waals surface area contributed by atoms with Crippen LogP contribution in [0, 0.1) is 5.82 Å². The first-order chi connectivity index (χ1) is 12.4.